The molecule has 0 saturated carbocycles. The molecule has 2 aliphatic heterocycles. The van der Waals surface area contributed by atoms with Gasteiger partial charge in [0.2, 0.25) is 11.9 Å². The summed E-state index contributed by atoms with van der Waals surface area (Å²) in [6, 6.07) is 7.70. The summed E-state index contributed by atoms with van der Waals surface area (Å²) in [6.07, 6.45) is 3.32. The maximum absolute atomic E-state index is 12.9. The predicted molar refractivity (Wildman–Crippen MR) is 132 cm³/mol. The number of nitrogens with two attached hydrogens (primary N) is 1. The van der Waals surface area contributed by atoms with Crippen molar-refractivity contribution in [3.63, 3.8) is 0 Å². The standard InChI is InChI=1S/C24H28N8O3/c1-15(2)17-5-3-4-6-19(17)28-24(33)35-32-8-7-18-20(16-13-26-22(25)27-14-16)29-23(30-21(18)32)31-9-11-34-12-10-31/h3-6,13-15H,7-12H2,1-2H3,(H,28,33)(H2,25,26,27). The van der Waals surface area contributed by atoms with Crippen LogP contribution in [-0.4, -0.2) is 58.9 Å². The molecule has 0 unspecified atom stereocenters. The average molecular weight is 477 g/mol. The fourth-order valence-electron chi connectivity index (χ4n) is 4.26. The normalized spacial score (nSPS) is 15.3. The summed E-state index contributed by atoms with van der Waals surface area (Å²) in [5.41, 5.74) is 9.74. The molecule has 35 heavy (non-hydrogen) atoms. The number of carbonyl (C=O) groups excluding carboxylic acids is 1. The van der Waals surface area contributed by atoms with Gasteiger partial charge in [0.1, 0.15) is 0 Å². The maximum atomic E-state index is 12.9. The summed E-state index contributed by atoms with van der Waals surface area (Å²) in [5, 5.41) is 4.40. The Labute approximate surface area is 203 Å². The number of hydrogen-bond acceptors (Lipinski definition) is 10. The molecule has 3 N–H and O–H groups in total. The molecule has 0 radical (unpaired) electrons. The molecule has 1 amide bonds. The largest absolute Gasteiger partial charge is 0.436 e. The number of aromatic nitrogens is 4. The van der Waals surface area contributed by atoms with E-state index in [1.54, 1.807) is 12.4 Å². The third kappa shape index (κ3) is 4.80. The topological polar surface area (TPSA) is 132 Å². The van der Waals surface area contributed by atoms with E-state index in [0.29, 0.717) is 56.7 Å². The SMILES string of the molecule is CC(C)c1ccccc1NC(=O)ON1CCc2c(-c3cnc(N)nc3)nc(N3CCOCC3)nc21. The fourth-order valence-corrected chi connectivity index (χ4v) is 4.26. The van der Waals surface area contributed by atoms with Crippen LogP contribution < -0.4 is 21.0 Å². The van der Waals surface area contributed by atoms with Crippen LogP contribution in [0.15, 0.2) is 36.7 Å². The molecule has 1 aromatic carbocycles. The molecule has 4 heterocycles. The average Bonchev–Trinajstić information content (AvgIpc) is 3.27. The van der Waals surface area contributed by atoms with E-state index in [2.05, 4.69) is 34.0 Å². The number of morpholine rings is 1. The van der Waals surface area contributed by atoms with Crippen molar-refractivity contribution in [2.45, 2.75) is 26.2 Å². The summed E-state index contributed by atoms with van der Waals surface area (Å²) >= 11 is 0. The number of nitrogens with one attached hydrogen (secondary N) is 1. The van der Waals surface area contributed by atoms with E-state index in [1.807, 2.05) is 24.3 Å². The van der Waals surface area contributed by atoms with Gasteiger partial charge in [0, 0.05) is 42.3 Å². The molecule has 0 atom stereocenters. The van der Waals surface area contributed by atoms with Gasteiger partial charge in [0.25, 0.3) is 0 Å². The minimum Gasteiger partial charge on any atom is -0.378 e. The summed E-state index contributed by atoms with van der Waals surface area (Å²) < 4.78 is 5.48. The number of hydrogen-bond donors (Lipinski definition) is 2. The molecule has 0 aliphatic carbocycles. The monoisotopic (exact) mass is 476 g/mol. The van der Waals surface area contributed by atoms with Gasteiger partial charge < -0.3 is 20.2 Å². The van der Waals surface area contributed by atoms with Gasteiger partial charge in [-0.05, 0) is 24.0 Å². The number of fused-ring (bicyclic) bond motifs is 1. The van der Waals surface area contributed by atoms with Crippen LogP contribution in [0.25, 0.3) is 11.3 Å². The van der Waals surface area contributed by atoms with Crippen molar-refractivity contribution in [3.8, 4) is 11.3 Å². The maximum Gasteiger partial charge on any atom is 0.436 e. The highest BCUT2D eigenvalue weighted by Gasteiger charge is 2.31. The van der Waals surface area contributed by atoms with E-state index in [4.69, 9.17) is 25.3 Å². The Morgan fingerprint density at radius 3 is 2.60 bits per heavy atom. The summed E-state index contributed by atoms with van der Waals surface area (Å²) in [6.45, 7) is 7.15. The minimum absolute atomic E-state index is 0.191. The second kappa shape index (κ2) is 9.71. The Balaban J connectivity index is 1.45. The number of para-hydroxylation sites is 1. The molecular formula is C24H28N8O3. The van der Waals surface area contributed by atoms with Crippen LogP contribution in [0.1, 0.15) is 30.9 Å². The Bertz CT molecular complexity index is 1210. The molecule has 2 aliphatic rings. The Kier molecular flexibility index (Phi) is 6.32. The van der Waals surface area contributed by atoms with Crippen LogP contribution in [0.4, 0.5) is 28.2 Å². The molecule has 1 saturated heterocycles. The first-order valence-electron chi connectivity index (χ1n) is 11.7. The zero-order chi connectivity index (χ0) is 24.4. The molecule has 5 rings (SSSR count). The number of ether oxygens (including phenoxy) is 1. The zero-order valence-electron chi connectivity index (χ0n) is 19.8. The van der Waals surface area contributed by atoms with E-state index in [9.17, 15) is 4.79 Å². The van der Waals surface area contributed by atoms with E-state index in [-0.39, 0.29) is 11.9 Å². The van der Waals surface area contributed by atoms with Gasteiger partial charge in [-0.1, -0.05) is 32.0 Å². The van der Waals surface area contributed by atoms with Gasteiger partial charge in [0.15, 0.2) is 5.82 Å². The quantitative estimate of drug-likeness (QED) is 0.566. The molecule has 11 nitrogen and oxygen atoms in total. The Morgan fingerprint density at radius 2 is 1.86 bits per heavy atom. The van der Waals surface area contributed by atoms with E-state index in [1.165, 1.54) is 5.06 Å². The first-order chi connectivity index (χ1) is 17.0. The predicted octanol–water partition coefficient (Wildman–Crippen LogP) is 3.00. The third-order valence-corrected chi connectivity index (χ3v) is 6.03. The van der Waals surface area contributed by atoms with Crippen molar-refractivity contribution in [2.75, 3.05) is 53.9 Å². The van der Waals surface area contributed by atoms with Crippen LogP contribution >= 0.6 is 0 Å². The number of carbonyl (C=O) groups is 1. The molecule has 2 aromatic heterocycles. The van der Waals surface area contributed by atoms with Gasteiger partial charge in [-0.2, -0.15) is 10.0 Å². The van der Waals surface area contributed by atoms with Crippen LogP contribution in [0.5, 0.6) is 0 Å². The first-order valence-corrected chi connectivity index (χ1v) is 11.7. The first kappa shape index (κ1) is 22.8. The van der Waals surface area contributed by atoms with E-state index < -0.39 is 6.09 Å². The summed E-state index contributed by atoms with van der Waals surface area (Å²) in [7, 11) is 0. The second-order valence-corrected chi connectivity index (χ2v) is 8.70. The van der Waals surface area contributed by atoms with Crippen LogP contribution in [0.3, 0.4) is 0 Å². The highest BCUT2D eigenvalue weighted by Crippen LogP contribution is 2.35. The number of anilines is 4. The minimum atomic E-state index is -0.574. The zero-order valence-corrected chi connectivity index (χ0v) is 19.8. The highest BCUT2D eigenvalue weighted by atomic mass is 16.7. The number of benzene rings is 1. The van der Waals surface area contributed by atoms with Crippen LogP contribution in [-0.2, 0) is 16.0 Å². The number of nitrogens with zero attached hydrogens (tertiary/aromatic N) is 6. The highest BCUT2D eigenvalue weighted by molar-refractivity contribution is 5.87. The summed E-state index contributed by atoms with van der Waals surface area (Å²) in [4.78, 5) is 38.5. The summed E-state index contributed by atoms with van der Waals surface area (Å²) in [5.74, 6) is 1.55. The molecule has 3 aromatic rings. The number of rotatable bonds is 5. The molecule has 182 valence electrons. The molecule has 11 heteroatoms. The number of hydroxylamine groups is 1. The Morgan fingerprint density at radius 1 is 1.11 bits per heavy atom. The van der Waals surface area contributed by atoms with E-state index in [0.717, 1.165) is 22.4 Å². The molecule has 1 fully saturated rings. The van der Waals surface area contributed by atoms with Gasteiger partial charge in [-0.25, -0.2) is 19.7 Å². The van der Waals surface area contributed by atoms with Crippen molar-refractivity contribution in [1.29, 1.82) is 0 Å². The molecular weight excluding hydrogens is 448 g/mol. The van der Waals surface area contributed by atoms with Crippen molar-refractivity contribution >= 4 is 29.5 Å². The lowest BCUT2D eigenvalue weighted by Gasteiger charge is -2.28. The van der Waals surface area contributed by atoms with Crippen molar-refractivity contribution in [1.82, 2.24) is 19.9 Å². The fraction of sp³-hybridized carbons (Fsp3) is 0.375. The van der Waals surface area contributed by atoms with Crippen molar-refractivity contribution < 1.29 is 14.4 Å². The number of amides is 1. The molecule has 0 bridgehead atoms. The van der Waals surface area contributed by atoms with Gasteiger partial charge in [0.05, 0.1) is 25.5 Å². The lowest BCUT2D eigenvalue weighted by molar-refractivity contribution is 0.122. The van der Waals surface area contributed by atoms with Gasteiger partial charge >= 0.3 is 6.09 Å². The van der Waals surface area contributed by atoms with Crippen LogP contribution in [0.2, 0.25) is 0 Å². The van der Waals surface area contributed by atoms with Crippen molar-refractivity contribution in [2.24, 2.45) is 0 Å². The van der Waals surface area contributed by atoms with Gasteiger partial charge in [-0.15, -0.1) is 0 Å². The smallest absolute Gasteiger partial charge is 0.378 e. The number of nitrogen functional groups attached to an aromatic ring is 1. The Hall–Kier alpha value is -3.99. The lowest BCUT2D eigenvalue weighted by atomic mass is 10.0. The third-order valence-electron chi connectivity index (χ3n) is 6.03. The van der Waals surface area contributed by atoms with Crippen molar-refractivity contribution in [3.05, 3.63) is 47.8 Å². The second-order valence-electron chi connectivity index (χ2n) is 8.70. The molecule has 0 spiro atoms. The van der Waals surface area contributed by atoms with E-state index >= 15 is 0 Å². The lowest BCUT2D eigenvalue weighted by Crippen LogP contribution is -2.37. The van der Waals surface area contributed by atoms with Gasteiger partial charge in [-0.3, -0.25) is 5.32 Å². The van der Waals surface area contributed by atoms with Crippen LogP contribution in [0, 0.1) is 0 Å².